The summed E-state index contributed by atoms with van der Waals surface area (Å²) in [4.78, 5) is 16.5. The number of hydrogen-bond acceptors (Lipinski definition) is 8. The van der Waals surface area contributed by atoms with Gasteiger partial charge in [-0.3, -0.25) is 4.79 Å². The molecule has 0 spiro atoms. The minimum atomic E-state index is -3.48. The molecule has 0 saturated heterocycles. The summed E-state index contributed by atoms with van der Waals surface area (Å²) in [6.45, 7) is 2.49. The number of nitrogen functional groups attached to an aromatic ring is 1. The van der Waals surface area contributed by atoms with Gasteiger partial charge in [-0.05, 0) is 25.5 Å². The molecule has 10 nitrogen and oxygen atoms in total. The number of nitrogens with two attached hydrogens (primary N) is 1. The fourth-order valence-electron chi connectivity index (χ4n) is 1.95. The van der Waals surface area contributed by atoms with Crippen molar-refractivity contribution in [1.82, 2.24) is 14.7 Å². The molecule has 2 aromatic rings. The Kier molecular flexibility index (Phi) is 8.96. The number of aryl methyl sites for hydroxylation is 1. The Bertz CT molecular complexity index is 828. The molecule has 1 aromatic carbocycles. The first-order valence-corrected chi connectivity index (χ1v) is 9.37. The van der Waals surface area contributed by atoms with Crippen molar-refractivity contribution >= 4 is 28.3 Å². The molecule has 0 fully saturated rings. The van der Waals surface area contributed by atoms with Crippen molar-refractivity contribution in [2.75, 3.05) is 31.2 Å². The van der Waals surface area contributed by atoms with Crippen molar-refractivity contribution in [1.29, 1.82) is 0 Å². The molecule has 0 aliphatic carbocycles. The van der Waals surface area contributed by atoms with Gasteiger partial charge in [-0.1, -0.05) is 17.7 Å². The van der Waals surface area contributed by atoms with Gasteiger partial charge in [-0.25, -0.2) is 13.1 Å². The number of carboxylic acid groups (broad SMARTS) is 1. The topological polar surface area (TPSA) is 157 Å². The Hall–Kier alpha value is -2.92. The first kappa shape index (κ1) is 22.1. The Morgan fingerprint density at radius 2 is 1.85 bits per heavy atom. The number of nitrogens with one attached hydrogen (secondary N) is 2. The van der Waals surface area contributed by atoms with Crippen molar-refractivity contribution in [3.05, 3.63) is 35.9 Å². The maximum Gasteiger partial charge on any atom is 0.290 e. The van der Waals surface area contributed by atoms with E-state index in [0.717, 1.165) is 5.56 Å². The van der Waals surface area contributed by atoms with Crippen LogP contribution in [0.2, 0.25) is 0 Å². The van der Waals surface area contributed by atoms with E-state index in [2.05, 4.69) is 20.0 Å². The standard InChI is InChI=1S/C15H21N5O3S.CH2O2/c1-11-4-6-12(7-5-11)24(21,22)18-9-3-8-17-13-10-14(23-2)20-15(16)19-13;2-1-3/h4-7,10,18H,3,8-9H2,1-2H3,(H3,16,17,19,20);1H,(H,2,3). The largest absolute Gasteiger partial charge is 0.483 e. The second kappa shape index (κ2) is 10.9. The van der Waals surface area contributed by atoms with E-state index in [1.54, 1.807) is 30.3 Å². The van der Waals surface area contributed by atoms with Gasteiger partial charge in [0.1, 0.15) is 5.82 Å². The third-order valence-electron chi connectivity index (χ3n) is 3.21. The van der Waals surface area contributed by atoms with Crippen molar-refractivity contribution in [2.45, 2.75) is 18.2 Å². The summed E-state index contributed by atoms with van der Waals surface area (Å²) in [6, 6.07) is 8.33. The third kappa shape index (κ3) is 7.88. The van der Waals surface area contributed by atoms with Gasteiger partial charge in [0.2, 0.25) is 21.9 Å². The molecule has 0 atom stereocenters. The van der Waals surface area contributed by atoms with Gasteiger partial charge in [-0.15, -0.1) is 0 Å². The molecule has 11 heteroatoms. The smallest absolute Gasteiger partial charge is 0.290 e. The molecule has 5 N–H and O–H groups in total. The molecule has 2 rings (SSSR count). The molecule has 0 unspecified atom stereocenters. The number of aromatic nitrogens is 2. The minimum absolute atomic E-state index is 0.108. The van der Waals surface area contributed by atoms with Crippen LogP contribution in [0, 0.1) is 6.92 Å². The lowest BCUT2D eigenvalue weighted by molar-refractivity contribution is -0.122. The summed E-state index contributed by atoms with van der Waals surface area (Å²) < 4.78 is 31.8. The summed E-state index contributed by atoms with van der Waals surface area (Å²) in [5, 5.41) is 9.94. The predicted octanol–water partition coefficient (Wildman–Crippen LogP) is 0.857. The minimum Gasteiger partial charge on any atom is -0.483 e. The highest BCUT2D eigenvalue weighted by Gasteiger charge is 2.12. The number of anilines is 2. The van der Waals surface area contributed by atoms with Gasteiger partial charge in [0.15, 0.2) is 0 Å². The van der Waals surface area contributed by atoms with Crippen molar-refractivity contribution < 1.29 is 23.1 Å². The monoisotopic (exact) mass is 397 g/mol. The molecule has 0 aliphatic heterocycles. The number of nitrogens with zero attached hydrogens (tertiary/aromatic N) is 2. The van der Waals surface area contributed by atoms with Crippen molar-refractivity contribution in [3.8, 4) is 5.88 Å². The van der Waals surface area contributed by atoms with Crippen LogP contribution >= 0.6 is 0 Å². The van der Waals surface area contributed by atoms with Crippen LogP contribution in [-0.2, 0) is 14.8 Å². The summed E-state index contributed by atoms with van der Waals surface area (Å²) in [5.41, 5.74) is 6.58. The fraction of sp³-hybridized carbons (Fsp3) is 0.312. The molecule has 1 aromatic heterocycles. The number of benzene rings is 1. The predicted molar refractivity (Wildman–Crippen MR) is 101 cm³/mol. The van der Waals surface area contributed by atoms with E-state index in [4.69, 9.17) is 20.4 Å². The number of rotatable bonds is 8. The Morgan fingerprint density at radius 1 is 1.22 bits per heavy atom. The number of ether oxygens (including phenoxy) is 1. The van der Waals surface area contributed by atoms with Crippen molar-refractivity contribution in [2.24, 2.45) is 0 Å². The lowest BCUT2D eigenvalue weighted by atomic mass is 10.2. The summed E-state index contributed by atoms with van der Waals surface area (Å²) >= 11 is 0. The average molecular weight is 397 g/mol. The number of hydrogen-bond donors (Lipinski definition) is 4. The van der Waals surface area contributed by atoms with E-state index in [1.807, 2.05) is 6.92 Å². The molecular weight excluding hydrogens is 374 g/mol. The molecule has 0 amide bonds. The fourth-order valence-corrected chi connectivity index (χ4v) is 3.02. The lowest BCUT2D eigenvalue weighted by Gasteiger charge is -2.09. The van der Waals surface area contributed by atoms with E-state index in [0.29, 0.717) is 31.2 Å². The van der Waals surface area contributed by atoms with Crippen LogP contribution in [-0.4, -0.2) is 50.2 Å². The van der Waals surface area contributed by atoms with Gasteiger partial charge in [-0.2, -0.15) is 9.97 Å². The van der Waals surface area contributed by atoms with Crippen LogP contribution in [0.4, 0.5) is 11.8 Å². The van der Waals surface area contributed by atoms with Crippen LogP contribution in [0.5, 0.6) is 5.88 Å². The highest BCUT2D eigenvalue weighted by molar-refractivity contribution is 7.89. The maximum absolute atomic E-state index is 12.1. The van der Waals surface area contributed by atoms with Crippen LogP contribution in [0.3, 0.4) is 0 Å². The Labute approximate surface area is 157 Å². The average Bonchev–Trinajstić information content (AvgIpc) is 2.62. The highest BCUT2D eigenvalue weighted by Crippen LogP contribution is 2.14. The second-order valence-electron chi connectivity index (χ2n) is 5.25. The maximum atomic E-state index is 12.1. The van der Waals surface area contributed by atoms with Gasteiger partial charge in [0.25, 0.3) is 6.47 Å². The zero-order valence-electron chi connectivity index (χ0n) is 15.0. The van der Waals surface area contributed by atoms with E-state index in [-0.39, 0.29) is 17.3 Å². The number of sulfonamides is 1. The van der Waals surface area contributed by atoms with Crippen molar-refractivity contribution in [3.63, 3.8) is 0 Å². The SMILES string of the molecule is COc1cc(NCCCNS(=O)(=O)c2ccc(C)cc2)nc(N)n1.O=CO. The first-order valence-electron chi connectivity index (χ1n) is 7.89. The van der Waals surface area contributed by atoms with Crippen LogP contribution in [0.15, 0.2) is 35.2 Å². The van der Waals surface area contributed by atoms with E-state index in [9.17, 15) is 8.42 Å². The number of carbonyl (C=O) groups is 1. The lowest BCUT2D eigenvalue weighted by Crippen LogP contribution is -2.26. The zero-order valence-corrected chi connectivity index (χ0v) is 15.9. The van der Waals surface area contributed by atoms with E-state index >= 15 is 0 Å². The Balaban J connectivity index is 0.00000114. The molecule has 1 heterocycles. The van der Waals surface area contributed by atoms with E-state index < -0.39 is 10.0 Å². The first-order chi connectivity index (χ1) is 12.8. The van der Waals surface area contributed by atoms with Crippen LogP contribution in [0.25, 0.3) is 0 Å². The molecule has 148 valence electrons. The third-order valence-corrected chi connectivity index (χ3v) is 4.69. The molecule has 0 radical (unpaired) electrons. The summed E-state index contributed by atoms with van der Waals surface area (Å²) in [5.74, 6) is 1.00. The molecular formula is C16H23N5O5S. The van der Waals surface area contributed by atoms with Crippen LogP contribution < -0.4 is 20.5 Å². The summed E-state index contributed by atoms with van der Waals surface area (Å²) in [7, 11) is -1.99. The Morgan fingerprint density at radius 3 is 2.44 bits per heavy atom. The quantitative estimate of drug-likeness (QED) is 0.374. The van der Waals surface area contributed by atoms with Gasteiger partial charge < -0.3 is 20.9 Å². The van der Waals surface area contributed by atoms with Gasteiger partial charge >= 0.3 is 0 Å². The number of methoxy groups -OCH3 is 1. The molecule has 0 bridgehead atoms. The van der Waals surface area contributed by atoms with E-state index in [1.165, 1.54) is 7.11 Å². The molecule has 0 aliphatic rings. The molecule has 27 heavy (non-hydrogen) atoms. The van der Waals surface area contributed by atoms with Gasteiger partial charge in [0.05, 0.1) is 12.0 Å². The van der Waals surface area contributed by atoms with Crippen LogP contribution in [0.1, 0.15) is 12.0 Å². The second-order valence-corrected chi connectivity index (χ2v) is 7.02. The van der Waals surface area contributed by atoms with Gasteiger partial charge in [0, 0.05) is 19.2 Å². The highest BCUT2D eigenvalue weighted by atomic mass is 32.2. The molecule has 0 saturated carbocycles. The normalized spacial score (nSPS) is 10.4. The summed E-state index contributed by atoms with van der Waals surface area (Å²) in [6.07, 6.45) is 0.581. The zero-order chi connectivity index (χ0) is 20.3.